The molecule has 2 aromatic heterocycles. The van der Waals surface area contributed by atoms with Crippen LogP contribution >= 0.6 is 11.8 Å². The standard InChI is InChI=1S/C12H8N6O2S/c19-11(20)9-10(14-7-6-13-9)21-12-15-16-17-18(12)8-4-2-1-3-5-8/h1-7H,(H,19,20). The Hall–Kier alpha value is -2.81. The first kappa shape index (κ1) is 13.2. The van der Waals surface area contributed by atoms with E-state index >= 15 is 0 Å². The van der Waals surface area contributed by atoms with Crippen LogP contribution in [-0.4, -0.2) is 41.3 Å². The molecule has 0 bridgehead atoms. The third-order valence-electron chi connectivity index (χ3n) is 2.50. The second kappa shape index (κ2) is 5.67. The van der Waals surface area contributed by atoms with E-state index in [1.165, 1.54) is 17.1 Å². The zero-order valence-electron chi connectivity index (χ0n) is 10.5. The van der Waals surface area contributed by atoms with Crippen molar-refractivity contribution in [1.29, 1.82) is 0 Å². The van der Waals surface area contributed by atoms with Crippen LogP contribution in [0.3, 0.4) is 0 Å². The maximum absolute atomic E-state index is 11.1. The third-order valence-corrected chi connectivity index (χ3v) is 3.43. The second-order valence-corrected chi connectivity index (χ2v) is 4.78. The van der Waals surface area contributed by atoms with Gasteiger partial charge in [-0.2, -0.15) is 4.68 Å². The lowest BCUT2D eigenvalue weighted by molar-refractivity contribution is 0.0685. The highest BCUT2D eigenvalue weighted by Crippen LogP contribution is 2.26. The van der Waals surface area contributed by atoms with E-state index < -0.39 is 5.97 Å². The van der Waals surface area contributed by atoms with Gasteiger partial charge in [-0.05, 0) is 34.3 Å². The molecule has 0 saturated carbocycles. The lowest BCUT2D eigenvalue weighted by Gasteiger charge is -2.04. The summed E-state index contributed by atoms with van der Waals surface area (Å²) in [5.41, 5.74) is 0.635. The Morgan fingerprint density at radius 1 is 1.14 bits per heavy atom. The van der Waals surface area contributed by atoms with Crippen molar-refractivity contribution in [3.8, 4) is 5.69 Å². The summed E-state index contributed by atoms with van der Waals surface area (Å²) >= 11 is 1.04. The normalized spacial score (nSPS) is 10.5. The first-order valence-corrected chi connectivity index (χ1v) is 6.63. The number of hydrogen-bond donors (Lipinski definition) is 1. The number of tetrazole rings is 1. The Balaban J connectivity index is 1.98. The van der Waals surface area contributed by atoms with Gasteiger partial charge in [-0.25, -0.2) is 14.8 Å². The topological polar surface area (TPSA) is 107 Å². The highest BCUT2D eigenvalue weighted by molar-refractivity contribution is 7.99. The molecule has 0 amide bonds. The number of rotatable bonds is 4. The maximum atomic E-state index is 11.1. The van der Waals surface area contributed by atoms with Gasteiger partial charge in [0, 0.05) is 12.4 Å². The predicted octanol–water partition coefficient (Wildman–Crippen LogP) is 1.30. The van der Waals surface area contributed by atoms with Crippen LogP contribution in [0, 0.1) is 0 Å². The first-order valence-electron chi connectivity index (χ1n) is 5.81. The van der Waals surface area contributed by atoms with Crippen LogP contribution in [0.25, 0.3) is 5.69 Å². The van der Waals surface area contributed by atoms with Gasteiger partial charge in [0.05, 0.1) is 5.69 Å². The molecule has 0 unspecified atom stereocenters. The Kier molecular flexibility index (Phi) is 3.56. The van der Waals surface area contributed by atoms with Gasteiger partial charge >= 0.3 is 5.97 Å². The van der Waals surface area contributed by atoms with Gasteiger partial charge < -0.3 is 5.11 Å². The van der Waals surface area contributed by atoms with Crippen LogP contribution in [0.1, 0.15) is 10.5 Å². The number of carboxylic acids is 1. The summed E-state index contributed by atoms with van der Waals surface area (Å²) in [4.78, 5) is 19.0. The molecule has 3 aromatic rings. The van der Waals surface area contributed by atoms with E-state index in [-0.39, 0.29) is 10.7 Å². The molecule has 0 aliphatic heterocycles. The molecule has 1 N–H and O–H groups in total. The monoisotopic (exact) mass is 300 g/mol. The fourth-order valence-corrected chi connectivity index (χ4v) is 2.44. The van der Waals surface area contributed by atoms with Gasteiger partial charge in [0.2, 0.25) is 5.16 Å². The molecule has 0 aliphatic rings. The van der Waals surface area contributed by atoms with Crippen molar-refractivity contribution in [1.82, 2.24) is 30.2 Å². The van der Waals surface area contributed by atoms with E-state index in [1.807, 2.05) is 30.3 Å². The van der Waals surface area contributed by atoms with Crippen LogP contribution < -0.4 is 0 Å². The van der Waals surface area contributed by atoms with Crippen molar-refractivity contribution < 1.29 is 9.90 Å². The largest absolute Gasteiger partial charge is 0.476 e. The zero-order chi connectivity index (χ0) is 14.7. The molecule has 21 heavy (non-hydrogen) atoms. The second-order valence-electron chi connectivity index (χ2n) is 3.83. The minimum Gasteiger partial charge on any atom is -0.476 e. The molecule has 9 heteroatoms. The van der Waals surface area contributed by atoms with Crippen molar-refractivity contribution in [2.45, 2.75) is 10.2 Å². The average Bonchev–Trinajstić information content (AvgIpc) is 2.96. The van der Waals surface area contributed by atoms with Gasteiger partial charge in [-0.1, -0.05) is 18.2 Å². The van der Waals surface area contributed by atoms with E-state index in [4.69, 9.17) is 5.11 Å². The third kappa shape index (κ3) is 2.72. The average molecular weight is 300 g/mol. The van der Waals surface area contributed by atoms with Gasteiger partial charge in [0.15, 0.2) is 5.69 Å². The van der Waals surface area contributed by atoms with Gasteiger partial charge in [-0.15, -0.1) is 5.10 Å². The molecule has 0 saturated heterocycles. The predicted molar refractivity (Wildman–Crippen MR) is 72.3 cm³/mol. The smallest absolute Gasteiger partial charge is 0.357 e. The summed E-state index contributed by atoms with van der Waals surface area (Å²) < 4.78 is 1.50. The molecular formula is C12H8N6O2S. The minimum atomic E-state index is -1.15. The summed E-state index contributed by atoms with van der Waals surface area (Å²) in [5.74, 6) is -1.15. The number of carboxylic acid groups (broad SMARTS) is 1. The molecule has 104 valence electrons. The highest BCUT2D eigenvalue weighted by Gasteiger charge is 2.17. The molecule has 0 spiro atoms. The summed E-state index contributed by atoms with van der Waals surface area (Å²) in [6.07, 6.45) is 2.75. The summed E-state index contributed by atoms with van der Waals surface area (Å²) in [6.45, 7) is 0. The Morgan fingerprint density at radius 2 is 1.90 bits per heavy atom. The fourth-order valence-electron chi connectivity index (χ4n) is 1.61. The molecule has 0 radical (unpaired) electrons. The summed E-state index contributed by atoms with van der Waals surface area (Å²) in [6, 6.07) is 9.28. The SMILES string of the molecule is O=C(O)c1nccnc1Sc1nnnn1-c1ccccc1. The highest BCUT2D eigenvalue weighted by atomic mass is 32.2. The van der Waals surface area contributed by atoms with Crippen molar-refractivity contribution in [3.05, 3.63) is 48.4 Å². The number of hydrogen-bond acceptors (Lipinski definition) is 7. The van der Waals surface area contributed by atoms with Crippen molar-refractivity contribution >= 4 is 17.7 Å². The fraction of sp³-hybridized carbons (Fsp3) is 0. The Labute approximate surface area is 122 Å². The Morgan fingerprint density at radius 3 is 2.67 bits per heavy atom. The summed E-state index contributed by atoms with van der Waals surface area (Å²) in [7, 11) is 0. The number of nitrogens with zero attached hydrogens (tertiary/aromatic N) is 6. The van der Waals surface area contributed by atoms with E-state index in [0.717, 1.165) is 17.4 Å². The molecule has 0 atom stereocenters. The van der Waals surface area contributed by atoms with Gasteiger partial charge in [-0.3, -0.25) is 0 Å². The van der Waals surface area contributed by atoms with E-state index in [1.54, 1.807) is 0 Å². The molecule has 1 aromatic carbocycles. The Bertz CT molecular complexity index is 776. The maximum Gasteiger partial charge on any atom is 0.357 e. The van der Waals surface area contributed by atoms with E-state index in [2.05, 4.69) is 25.5 Å². The number of aromatic carboxylic acids is 1. The molecule has 2 heterocycles. The molecular weight excluding hydrogens is 292 g/mol. The van der Waals surface area contributed by atoms with E-state index in [9.17, 15) is 4.79 Å². The molecule has 0 aliphatic carbocycles. The van der Waals surface area contributed by atoms with Gasteiger partial charge in [0.1, 0.15) is 5.03 Å². The van der Waals surface area contributed by atoms with Gasteiger partial charge in [0.25, 0.3) is 0 Å². The molecule has 8 nitrogen and oxygen atoms in total. The quantitative estimate of drug-likeness (QED) is 0.768. The molecule has 3 rings (SSSR count). The lowest BCUT2D eigenvalue weighted by atomic mass is 10.3. The van der Waals surface area contributed by atoms with Crippen LogP contribution in [0.4, 0.5) is 0 Å². The minimum absolute atomic E-state index is 0.134. The lowest BCUT2D eigenvalue weighted by Crippen LogP contribution is -2.05. The van der Waals surface area contributed by atoms with Crippen LogP contribution in [0.2, 0.25) is 0 Å². The van der Waals surface area contributed by atoms with Crippen LogP contribution in [0.5, 0.6) is 0 Å². The van der Waals surface area contributed by atoms with Crippen molar-refractivity contribution in [3.63, 3.8) is 0 Å². The number of benzene rings is 1. The van der Waals surface area contributed by atoms with E-state index in [0.29, 0.717) is 5.16 Å². The van der Waals surface area contributed by atoms with Crippen molar-refractivity contribution in [2.75, 3.05) is 0 Å². The van der Waals surface area contributed by atoms with Crippen molar-refractivity contribution in [2.24, 2.45) is 0 Å². The number of para-hydroxylation sites is 1. The first-order chi connectivity index (χ1) is 10.3. The zero-order valence-corrected chi connectivity index (χ0v) is 11.3. The number of aromatic nitrogens is 6. The summed E-state index contributed by atoms with van der Waals surface area (Å²) in [5, 5.41) is 21.2. The molecule has 0 fully saturated rings. The van der Waals surface area contributed by atoms with Crippen LogP contribution in [0.15, 0.2) is 52.9 Å². The number of carbonyl (C=O) groups is 1. The van der Waals surface area contributed by atoms with Crippen LogP contribution in [-0.2, 0) is 0 Å².